The van der Waals surface area contributed by atoms with E-state index < -0.39 is 17.0 Å². The van der Waals surface area contributed by atoms with E-state index >= 15 is 0 Å². The largest absolute Gasteiger partial charge is 0.393 e. The Morgan fingerprint density at radius 3 is 2.64 bits per heavy atom. The number of non-ortho nitro benzene ring substituents is 1. The normalized spacial score (nSPS) is 19.1. The molecule has 1 aliphatic heterocycles. The van der Waals surface area contributed by atoms with E-state index in [-0.39, 0.29) is 25.3 Å². The highest BCUT2D eigenvalue weighted by Crippen LogP contribution is 2.33. The van der Waals surface area contributed by atoms with Gasteiger partial charge in [-0.1, -0.05) is 0 Å². The van der Waals surface area contributed by atoms with E-state index in [2.05, 4.69) is 10.1 Å². The van der Waals surface area contributed by atoms with Crippen LogP contribution in [0.1, 0.15) is 12.8 Å². The molecule has 0 spiro atoms. The Hall–Kier alpha value is -2.49. The molecule has 0 N–H and O–H groups in total. The molecule has 1 saturated heterocycles. The van der Waals surface area contributed by atoms with E-state index in [0.29, 0.717) is 24.4 Å². The Bertz CT molecular complexity index is 744. The zero-order valence-electron chi connectivity index (χ0n) is 13.2. The Kier molecular flexibility index (Phi) is 4.71. The van der Waals surface area contributed by atoms with E-state index in [4.69, 9.17) is 0 Å². The van der Waals surface area contributed by atoms with Gasteiger partial charge in [0.15, 0.2) is 5.82 Å². The molecule has 0 amide bonds. The van der Waals surface area contributed by atoms with Crippen LogP contribution in [0.25, 0.3) is 11.4 Å². The molecule has 0 radical (unpaired) electrons. The first-order valence-electron chi connectivity index (χ1n) is 7.76. The first kappa shape index (κ1) is 17.3. The Labute approximate surface area is 141 Å². The second-order valence-corrected chi connectivity index (χ2v) is 6.01. The summed E-state index contributed by atoms with van der Waals surface area (Å²) in [5.41, 5.74) is 0.575. The third-order valence-electron chi connectivity index (χ3n) is 4.19. The maximum absolute atomic E-state index is 12.9. The molecule has 10 heteroatoms. The first-order chi connectivity index (χ1) is 11.8. The number of likely N-dealkylation sites (tertiary alicyclic amines) is 1. The van der Waals surface area contributed by atoms with Crippen molar-refractivity contribution < 1.29 is 18.1 Å². The predicted molar refractivity (Wildman–Crippen MR) is 82.5 cm³/mol. The summed E-state index contributed by atoms with van der Waals surface area (Å²) in [4.78, 5) is 16.0. The Morgan fingerprint density at radius 2 is 2.00 bits per heavy atom. The summed E-state index contributed by atoms with van der Waals surface area (Å²) in [6, 6.07) is 5.79. The van der Waals surface area contributed by atoms with Gasteiger partial charge in [-0.25, -0.2) is 9.67 Å². The zero-order valence-corrected chi connectivity index (χ0v) is 13.2. The van der Waals surface area contributed by atoms with Crippen LogP contribution in [0, 0.1) is 16.0 Å². The third-order valence-corrected chi connectivity index (χ3v) is 4.19. The van der Waals surface area contributed by atoms with Crippen LogP contribution in [0.15, 0.2) is 30.6 Å². The fourth-order valence-corrected chi connectivity index (χ4v) is 2.88. The number of rotatable bonds is 4. The minimum absolute atomic E-state index is 0.0327. The van der Waals surface area contributed by atoms with Crippen molar-refractivity contribution in [3.63, 3.8) is 0 Å². The molecule has 2 aromatic rings. The molecular weight excluding hydrogens is 339 g/mol. The fraction of sp³-hybridized carbons (Fsp3) is 0.467. The molecule has 1 aliphatic rings. The maximum Gasteiger partial charge on any atom is 0.393 e. The molecule has 1 fully saturated rings. The summed E-state index contributed by atoms with van der Waals surface area (Å²) in [5.74, 6) is -0.932. The molecule has 0 aliphatic carbocycles. The highest BCUT2D eigenvalue weighted by atomic mass is 19.4. The average molecular weight is 355 g/mol. The van der Waals surface area contributed by atoms with Gasteiger partial charge in [0.2, 0.25) is 0 Å². The van der Waals surface area contributed by atoms with Gasteiger partial charge in [0.25, 0.3) is 5.69 Å². The Balaban J connectivity index is 1.66. The third kappa shape index (κ3) is 4.13. The topological polar surface area (TPSA) is 77.1 Å². The van der Waals surface area contributed by atoms with Crippen molar-refractivity contribution in [1.29, 1.82) is 0 Å². The van der Waals surface area contributed by atoms with Crippen LogP contribution in [0.4, 0.5) is 18.9 Å². The maximum atomic E-state index is 12.9. The van der Waals surface area contributed by atoms with Crippen LogP contribution >= 0.6 is 0 Å². The van der Waals surface area contributed by atoms with Gasteiger partial charge in [-0.3, -0.25) is 15.0 Å². The van der Waals surface area contributed by atoms with Gasteiger partial charge in [0.1, 0.15) is 6.33 Å². The number of halogens is 3. The standard InChI is InChI=1S/C15H16F3N5O2/c16-15(17,18)12-2-1-7-21(8-12)10-22-9-19-14(20-22)11-3-5-13(6-4-11)23(24)25/h3-6,9,12H,1-2,7-8,10H2. The predicted octanol–water partition coefficient (Wildman–Crippen LogP) is 3.09. The minimum Gasteiger partial charge on any atom is -0.284 e. The zero-order chi connectivity index (χ0) is 18.0. The molecule has 1 atom stereocenters. The lowest BCUT2D eigenvalue weighted by Gasteiger charge is -2.33. The lowest BCUT2D eigenvalue weighted by Crippen LogP contribution is -2.42. The van der Waals surface area contributed by atoms with Crippen molar-refractivity contribution in [3.05, 3.63) is 40.7 Å². The van der Waals surface area contributed by atoms with E-state index in [1.807, 2.05) is 0 Å². The summed E-state index contributed by atoms with van der Waals surface area (Å²) < 4.78 is 40.1. The molecule has 3 rings (SSSR count). The first-order valence-corrected chi connectivity index (χ1v) is 7.76. The number of nitro benzene ring substituents is 1. The van der Waals surface area contributed by atoms with Crippen molar-refractivity contribution in [2.75, 3.05) is 13.1 Å². The highest BCUT2D eigenvalue weighted by Gasteiger charge is 2.41. The number of alkyl halides is 3. The molecule has 1 unspecified atom stereocenters. The summed E-state index contributed by atoms with van der Waals surface area (Å²) in [6.45, 7) is 0.766. The SMILES string of the molecule is O=[N+]([O-])c1ccc(-c2ncn(CN3CCCC(C(F)(F)F)C3)n2)cc1. The van der Waals surface area contributed by atoms with Crippen molar-refractivity contribution in [3.8, 4) is 11.4 Å². The molecule has 25 heavy (non-hydrogen) atoms. The molecule has 134 valence electrons. The summed E-state index contributed by atoms with van der Waals surface area (Å²) in [6.07, 6.45) is -2.07. The van der Waals surface area contributed by atoms with Gasteiger partial charge < -0.3 is 0 Å². The number of nitro groups is 1. The van der Waals surface area contributed by atoms with Gasteiger partial charge >= 0.3 is 6.18 Å². The quantitative estimate of drug-likeness (QED) is 0.622. The summed E-state index contributed by atoms with van der Waals surface area (Å²) in [5, 5.41) is 14.9. The number of hydrogen-bond donors (Lipinski definition) is 0. The lowest BCUT2D eigenvalue weighted by molar-refractivity contribution is -0.384. The van der Waals surface area contributed by atoms with E-state index in [0.717, 1.165) is 0 Å². The molecule has 1 aromatic carbocycles. The summed E-state index contributed by atoms with van der Waals surface area (Å²) in [7, 11) is 0. The molecule has 1 aromatic heterocycles. The lowest BCUT2D eigenvalue weighted by atomic mass is 9.98. The van der Waals surface area contributed by atoms with Gasteiger partial charge in [0.05, 0.1) is 17.5 Å². The molecule has 0 bridgehead atoms. The smallest absolute Gasteiger partial charge is 0.284 e. The van der Waals surface area contributed by atoms with Crippen molar-refractivity contribution in [1.82, 2.24) is 19.7 Å². The van der Waals surface area contributed by atoms with Crippen LogP contribution in [-0.2, 0) is 6.67 Å². The summed E-state index contributed by atoms with van der Waals surface area (Å²) >= 11 is 0. The van der Waals surface area contributed by atoms with Crippen molar-refractivity contribution in [2.45, 2.75) is 25.7 Å². The minimum atomic E-state index is -4.18. The number of aromatic nitrogens is 3. The van der Waals surface area contributed by atoms with Crippen LogP contribution in [0.3, 0.4) is 0 Å². The average Bonchev–Trinajstić information content (AvgIpc) is 3.03. The molecule has 7 nitrogen and oxygen atoms in total. The van der Waals surface area contributed by atoms with Crippen LogP contribution in [0.2, 0.25) is 0 Å². The molecule has 0 saturated carbocycles. The van der Waals surface area contributed by atoms with Crippen LogP contribution < -0.4 is 0 Å². The van der Waals surface area contributed by atoms with Gasteiger partial charge in [-0.15, -0.1) is 5.10 Å². The monoisotopic (exact) mass is 355 g/mol. The number of benzene rings is 1. The molecule has 2 heterocycles. The van der Waals surface area contributed by atoms with E-state index in [1.54, 1.807) is 17.0 Å². The van der Waals surface area contributed by atoms with Gasteiger partial charge in [-0.2, -0.15) is 13.2 Å². The number of hydrogen-bond acceptors (Lipinski definition) is 5. The van der Waals surface area contributed by atoms with Crippen molar-refractivity contribution >= 4 is 5.69 Å². The number of nitrogens with zero attached hydrogens (tertiary/aromatic N) is 5. The number of piperidine rings is 1. The van der Waals surface area contributed by atoms with Crippen LogP contribution in [0.5, 0.6) is 0 Å². The fourth-order valence-electron chi connectivity index (χ4n) is 2.88. The van der Waals surface area contributed by atoms with E-state index in [9.17, 15) is 23.3 Å². The van der Waals surface area contributed by atoms with Crippen molar-refractivity contribution in [2.24, 2.45) is 5.92 Å². The highest BCUT2D eigenvalue weighted by molar-refractivity contribution is 5.56. The second kappa shape index (κ2) is 6.79. The Morgan fingerprint density at radius 1 is 1.28 bits per heavy atom. The van der Waals surface area contributed by atoms with Gasteiger partial charge in [0, 0.05) is 24.2 Å². The van der Waals surface area contributed by atoms with Crippen LogP contribution in [-0.4, -0.2) is 43.9 Å². The molecular formula is C15H16F3N5O2. The second-order valence-electron chi connectivity index (χ2n) is 6.01. The van der Waals surface area contributed by atoms with Gasteiger partial charge in [-0.05, 0) is 31.5 Å². The van der Waals surface area contributed by atoms with E-state index in [1.165, 1.54) is 23.1 Å².